The molecule has 0 aromatic rings. The van der Waals surface area contributed by atoms with Crippen LogP contribution in [0.25, 0.3) is 0 Å². The summed E-state index contributed by atoms with van der Waals surface area (Å²) in [6, 6.07) is 0. The third-order valence-electron chi connectivity index (χ3n) is 0. The van der Waals surface area contributed by atoms with Crippen molar-refractivity contribution in [3.05, 3.63) is 10.1 Å². The Morgan fingerprint density at radius 1 is 1.60 bits per heavy atom. The zero-order chi connectivity index (χ0) is 2.71. The minimum absolute atomic E-state index is 0. The van der Waals surface area contributed by atoms with Gasteiger partial charge in [-0.3, -0.25) is 0 Å². The summed E-state index contributed by atoms with van der Waals surface area (Å²) in [5.41, 5.74) is 0. The fourth-order valence-corrected chi connectivity index (χ4v) is 0. The second-order valence-electron chi connectivity index (χ2n) is 0.0745. The molecule has 0 atom stereocenters. The molecule has 0 saturated carbocycles. The number of nitrogens with zero attached hydrogens (tertiary/aromatic N) is 1. The molecule has 0 N–H and O–H groups in total. The van der Waals surface area contributed by atoms with Gasteiger partial charge in [0.15, 0.2) is 0 Å². The molecule has 0 rings (SSSR count). The molecule has 0 aliphatic rings. The Morgan fingerprint density at radius 3 is 1.60 bits per heavy atom. The van der Waals surface area contributed by atoms with Crippen LogP contribution in [-0.4, -0.2) is 27.3 Å². The first-order valence-corrected chi connectivity index (χ1v) is 0.365. The van der Waals surface area contributed by atoms with Crippen molar-refractivity contribution in [2.45, 2.75) is 0 Å². The van der Waals surface area contributed by atoms with Gasteiger partial charge in [-0.15, -0.1) is 5.34 Å². The first kappa shape index (κ1) is 16.2. The molecule has 0 aromatic heterocycles. The summed E-state index contributed by atoms with van der Waals surface area (Å²) in [6.45, 7) is 0. The summed E-state index contributed by atoms with van der Waals surface area (Å²) in [5.74, 6) is 0. The Bertz CT molecular complexity index is 17.1. The van der Waals surface area contributed by atoms with Gasteiger partial charge >= 0.3 is 56.9 Å². The molecule has 3 nitrogen and oxygen atoms in total. The zero-order valence-electron chi connectivity index (χ0n) is 2.97. The Hall–Kier alpha value is 1.32. The zero-order valence-corrected chi connectivity index (χ0v) is 10.5. The average molecular weight is 278 g/mol. The molecule has 0 aromatic carbocycles. The normalized spacial score (nSPS) is 2.40. The predicted molar refractivity (Wildman–Crippen MR) is 17.7 cm³/mol. The number of hydrogen-bond donors (Lipinski definition) is 0. The van der Waals surface area contributed by atoms with Crippen molar-refractivity contribution in [3.8, 4) is 0 Å². The maximum absolute atomic E-state index is 8.00. The molecule has 2 radical (unpaired) electrons. The molecular formula is H2NNaO2Pb. The predicted octanol–water partition coefficient (Wildman–Crippen LogP) is -3.66. The van der Waals surface area contributed by atoms with Gasteiger partial charge in [0.05, 0.1) is 0 Å². The minimum atomic E-state index is 0. The monoisotopic (exact) mass is 279 g/mol. The van der Waals surface area contributed by atoms with Crippen molar-refractivity contribution in [2.24, 2.45) is 5.34 Å². The van der Waals surface area contributed by atoms with Gasteiger partial charge in [0.2, 0.25) is 0 Å². The van der Waals surface area contributed by atoms with Crippen LogP contribution in [0, 0.1) is 10.1 Å². The van der Waals surface area contributed by atoms with E-state index in [1.54, 1.807) is 0 Å². The van der Waals surface area contributed by atoms with Crippen LogP contribution in [0.4, 0.5) is 0 Å². The molecule has 0 fully saturated rings. The fraction of sp³-hybridized carbons (Fsp3) is 0. The molecule has 0 aliphatic heterocycles. The van der Waals surface area contributed by atoms with Crippen molar-refractivity contribution in [1.82, 2.24) is 0 Å². The van der Waals surface area contributed by atoms with Crippen LogP contribution in [0.5, 0.6) is 0 Å². The van der Waals surface area contributed by atoms with E-state index in [0.717, 1.165) is 5.34 Å². The van der Waals surface area contributed by atoms with E-state index in [1.165, 1.54) is 0 Å². The van der Waals surface area contributed by atoms with Gasteiger partial charge in [-0.2, -0.15) is 0 Å². The summed E-state index contributed by atoms with van der Waals surface area (Å²) >= 11 is 0. The molecule has 5 heavy (non-hydrogen) atoms. The topological polar surface area (TPSA) is 52.5 Å². The third-order valence-corrected chi connectivity index (χ3v) is 0. The molecule has 5 heteroatoms. The molecule has 0 saturated heterocycles. The van der Waals surface area contributed by atoms with E-state index in [-0.39, 0.29) is 56.9 Å². The van der Waals surface area contributed by atoms with Crippen LogP contribution in [0.3, 0.4) is 0 Å². The van der Waals surface area contributed by atoms with Gasteiger partial charge in [-0.05, 0) is 0 Å². The molecule has 0 bridgehead atoms. The molecule has 0 spiro atoms. The third kappa shape index (κ3) is 33.6. The van der Waals surface area contributed by atoms with Gasteiger partial charge < -0.3 is 10.1 Å². The molecule has 24 valence electrons. The molecule has 0 amide bonds. The van der Waals surface area contributed by atoms with Crippen LogP contribution >= 0.6 is 0 Å². The van der Waals surface area contributed by atoms with Crippen LogP contribution in [0.1, 0.15) is 0 Å². The summed E-state index contributed by atoms with van der Waals surface area (Å²) in [7, 11) is 0. The van der Waals surface area contributed by atoms with Gasteiger partial charge in [0.1, 0.15) is 0 Å². The first-order valence-electron chi connectivity index (χ1n) is 0.365. The Kier molecular flexibility index (Phi) is 59.8. The average Bonchev–Trinajstić information content (AvgIpc) is 0.918. The fourth-order valence-electron chi connectivity index (χ4n) is 0. The molecular weight excluding hydrogens is 276 g/mol. The number of hydrogen-bond acceptors (Lipinski definition) is 3. The second kappa shape index (κ2) is 18.4. The van der Waals surface area contributed by atoms with Crippen LogP contribution in [0.15, 0.2) is 5.34 Å². The van der Waals surface area contributed by atoms with Crippen molar-refractivity contribution >= 4 is 27.3 Å². The first-order chi connectivity index (χ1) is 1.41. The van der Waals surface area contributed by atoms with Crippen molar-refractivity contribution in [3.63, 3.8) is 0 Å². The SMILES string of the molecule is O=N[O-].[Na+].[PbH2]. The van der Waals surface area contributed by atoms with E-state index < -0.39 is 0 Å². The summed E-state index contributed by atoms with van der Waals surface area (Å²) in [5, 5.41) is 9.00. The van der Waals surface area contributed by atoms with Crippen molar-refractivity contribution in [1.29, 1.82) is 0 Å². The summed E-state index contributed by atoms with van der Waals surface area (Å²) in [4.78, 5) is 8.00. The Labute approximate surface area is 71.5 Å². The van der Waals surface area contributed by atoms with Gasteiger partial charge in [-0.1, -0.05) is 0 Å². The van der Waals surface area contributed by atoms with E-state index in [0.29, 0.717) is 0 Å². The van der Waals surface area contributed by atoms with Gasteiger partial charge in [-0.25, -0.2) is 0 Å². The molecule has 0 unspecified atom stereocenters. The van der Waals surface area contributed by atoms with E-state index in [9.17, 15) is 0 Å². The summed E-state index contributed by atoms with van der Waals surface area (Å²) < 4.78 is 0. The molecule has 0 heterocycles. The van der Waals surface area contributed by atoms with E-state index >= 15 is 0 Å². The van der Waals surface area contributed by atoms with E-state index in [1.807, 2.05) is 0 Å². The number of rotatable bonds is 0. The van der Waals surface area contributed by atoms with Gasteiger partial charge in [0, 0.05) is 0 Å². The van der Waals surface area contributed by atoms with Gasteiger partial charge in [0.25, 0.3) is 0 Å². The Morgan fingerprint density at radius 2 is 1.60 bits per heavy atom. The van der Waals surface area contributed by atoms with E-state index in [4.69, 9.17) is 10.1 Å². The summed E-state index contributed by atoms with van der Waals surface area (Å²) in [6.07, 6.45) is 0. The standard InChI is InChI=1S/HNO2.Na.Pb.2H/c2-1-3;;;;/h(H,2,3);;;;/q;+1;;;/p-1. The van der Waals surface area contributed by atoms with Crippen LogP contribution in [-0.2, 0) is 0 Å². The van der Waals surface area contributed by atoms with Crippen LogP contribution < -0.4 is 29.6 Å². The maximum atomic E-state index is 8.00. The second-order valence-corrected chi connectivity index (χ2v) is 0.0745. The van der Waals surface area contributed by atoms with Crippen LogP contribution in [0.2, 0.25) is 0 Å². The van der Waals surface area contributed by atoms with Crippen molar-refractivity contribution < 1.29 is 29.6 Å². The molecule has 0 aliphatic carbocycles. The quantitative estimate of drug-likeness (QED) is 0.260. The Balaban J connectivity index is -0.0000000200. The van der Waals surface area contributed by atoms with E-state index in [2.05, 4.69) is 0 Å². The van der Waals surface area contributed by atoms with Crippen molar-refractivity contribution in [2.75, 3.05) is 0 Å².